The van der Waals surface area contributed by atoms with Gasteiger partial charge in [-0.3, -0.25) is 9.59 Å². The van der Waals surface area contributed by atoms with Crippen molar-refractivity contribution >= 4 is 11.9 Å². The summed E-state index contributed by atoms with van der Waals surface area (Å²) in [4.78, 5) is 34.3. The van der Waals surface area contributed by atoms with Gasteiger partial charge in [-0.1, -0.05) is 155 Å². The molecular weight excluding hydrogens is 574 g/mol. The number of aromatic amines is 1. The number of carbonyl (C=O) groups excluding carboxylic acids is 2. The van der Waals surface area contributed by atoms with Crippen LogP contribution in [0.2, 0.25) is 0 Å². The number of rotatable bonds is 35. The highest BCUT2D eigenvalue weighted by Crippen LogP contribution is 2.13. The van der Waals surface area contributed by atoms with Crippen LogP contribution in [0.15, 0.2) is 12.5 Å². The first-order chi connectivity index (χ1) is 22.7. The molecule has 0 spiro atoms. The van der Waals surface area contributed by atoms with Crippen molar-refractivity contribution in [1.29, 1.82) is 0 Å². The number of imidazole rings is 1. The third kappa shape index (κ3) is 28.3. The van der Waals surface area contributed by atoms with Crippen LogP contribution in [-0.2, 0) is 25.5 Å². The molecule has 1 aromatic heterocycles. The summed E-state index contributed by atoms with van der Waals surface area (Å²) in [6.45, 7) is 7.45. The Morgan fingerprint density at radius 3 is 1.28 bits per heavy atom. The Kier molecular flexibility index (Phi) is 30.3. The van der Waals surface area contributed by atoms with Crippen LogP contribution in [0.5, 0.6) is 0 Å². The molecule has 0 amide bonds. The van der Waals surface area contributed by atoms with Gasteiger partial charge in [0, 0.05) is 32.3 Å². The normalized spacial score (nSPS) is 11.4. The van der Waals surface area contributed by atoms with E-state index in [0.717, 1.165) is 44.3 Å². The minimum absolute atomic E-state index is 0.151. The van der Waals surface area contributed by atoms with E-state index in [-0.39, 0.29) is 11.9 Å². The van der Waals surface area contributed by atoms with Gasteiger partial charge in [-0.2, -0.15) is 0 Å². The van der Waals surface area contributed by atoms with Gasteiger partial charge >= 0.3 is 11.9 Å². The Morgan fingerprint density at radius 2 is 0.935 bits per heavy atom. The average molecular weight is 648 g/mol. The zero-order valence-corrected chi connectivity index (χ0v) is 30.3. The van der Waals surface area contributed by atoms with Crippen molar-refractivity contribution in [1.82, 2.24) is 14.9 Å². The van der Waals surface area contributed by atoms with Crippen molar-refractivity contribution in [2.24, 2.45) is 0 Å². The minimum Gasteiger partial charge on any atom is -0.466 e. The molecule has 1 aromatic rings. The third-order valence-corrected chi connectivity index (χ3v) is 9.03. The Labute approximate surface area is 283 Å². The fourth-order valence-electron chi connectivity index (χ4n) is 5.94. The number of nitrogens with one attached hydrogen (secondary N) is 1. The van der Waals surface area contributed by atoms with E-state index >= 15 is 0 Å². The first-order valence-corrected chi connectivity index (χ1v) is 19.7. The maximum Gasteiger partial charge on any atom is 0.307 e. The van der Waals surface area contributed by atoms with Crippen LogP contribution in [-0.4, -0.2) is 59.7 Å². The molecule has 46 heavy (non-hydrogen) atoms. The van der Waals surface area contributed by atoms with Gasteiger partial charge in [0.25, 0.3) is 0 Å². The van der Waals surface area contributed by atoms with Crippen molar-refractivity contribution in [2.45, 2.75) is 187 Å². The van der Waals surface area contributed by atoms with Crippen LogP contribution in [0.4, 0.5) is 0 Å². The molecule has 0 unspecified atom stereocenters. The Morgan fingerprint density at radius 1 is 0.565 bits per heavy atom. The topological polar surface area (TPSA) is 84.5 Å². The van der Waals surface area contributed by atoms with E-state index in [1.54, 1.807) is 6.33 Å². The van der Waals surface area contributed by atoms with Gasteiger partial charge < -0.3 is 19.4 Å². The molecule has 0 fully saturated rings. The minimum atomic E-state index is -0.151. The second-order valence-electron chi connectivity index (χ2n) is 13.4. The molecule has 0 aliphatic rings. The lowest BCUT2D eigenvalue weighted by molar-refractivity contribution is -0.144. The number of nitrogens with zero attached hydrogens (tertiary/aromatic N) is 2. The van der Waals surface area contributed by atoms with Crippen LogP contribution in [0, 0.1) is 0 Å². The summed E-state index contributed by atoms with van der Waals surface area (Å²) in [6.07, 6.45) is 36.1. The fraction of sp³-hybridized carbons (Fsp3) is 0.872. The van der Waals surface area contributed by atoms with Crippen LogP contribution in [0.25, 0.3) is 0 Å². The van der Waals surface area contributed by atoms with Gasteiger partial charge in [0.15, 0.2) is 0 Å². The monoisotopic (exact) mass is 648 g/mol. The van der Waals surface area contributed by atoms with Crippen molar-refractivity contribution < 1.29 is 19.1 Å². The molecule has 7 nitrogen and oxygen atoms in total. The molecule has 0 saturated heterocycles. The molecule has 0 aliphatic carbocycles. The molecule has 7 heteroatoms. The molecule has 1 rings (SSSR count). The summed E-state index contributed by atoms with van der Waals surface area (Å²) >= 11 is 0. The standard InChI is InChI=1S/C39H73N3O4/c1-3-5-7-9-11-13-15-17-19-21-23-25-33-45-38(43)28-31-42(30-27-37-35-40-36-41-37)32-29-39(44)46-34-26-24-22-20-18-16-14-12-10-8-6-4-2/h35-36H,3-34H2,1-2H3,(H,40,41). The number of carbonyl (C=O) groups is 2. The molecule has 0 aliphatic heterocycles. The van der Waals surface area contributed by atoms with Crippen LogP contribution in [0.1, 0.15) is 186 Å². The number of unbranched alkanes of at least 4 members (excludes halogenated alkanes) is 22. The molecule has 1 N–H and O–H groups in total. The van der Waals surface area contributed by atoms with Gasteiger partial charge in [-0.15, -0.1) is 0 Å². The van der Waals surface area contributed by atoms with Crippen LogP contribution < -0.4 is 0 Å². The van der Waals surface area contributed by atoms with E-state index < -0.39 is 0 Å². The molecule has 0 radical (unpaired) electrons. The predicted molar refractivity (Wildman–Crippen MR) is 192 cm³/mol. The fourth-order valence-corrected chi connectivity index (χ4v) is 5.94. The number of hydrogen-bond donors (Lipinski definition) is 1. The molecular formula is C39H73N3O4. The average Bonchev–Trinajstić information content (AvgIpc) is 3.59. The predicted octanol–water partition coefficient (Wildman–Crippen LogP) is 10.5. The highest BCUT2D eigenvalue weighted by molar-refractivity contribution is 5.70. The van der Waals surface area contributed by atoms with E-state index in [4.69, 9.17) is 9.47 Å². The maximum atomic E-state index is 12.4. The van der Waals surface area contributed by atoms with E-state index in [1.165, 1.54) is 128 Å². The summed E-state index contributed by atoms with van der Waals surface area (Å²) in [6, 6.07) is 0. The first kappa shape index (κ1) is 42.1. The number of hydrogen-bond acceptors (Lipinski definition) is 6. The lowest BCUT2D eigenvalue weighted by atomic mass is 10.1. The van der Waals surface area contributed by atoms with Crippen molar-refractivity contribution in [2.75, 3.05) is 32.8 Å². The lowest BCUT2D eigenvalue weighted by Gasteiger charge is -2.21. The molecule has 268 valence electrons. The van der Waals surface area contributed by atoms with Crippen LogP contribution in [0.3, 0.4) is 0 Å². The zero-order valence-electron chi connectivity index (χ0n) is 30.3. The van der Waals surface area contributed by atoms with Gasteiger partial charge in [0.1, 0.15) is 0 Å². The van der Waals surface area contributed by atoms with Gasteiger partial charge in [0.2, 0.25) is 0 Å². The highest BCUT2D eigenvalue weighted by Gasteiger charge is 2.13. The lowest BCUT2D eigenvalue weighted by Crippen LogP contribution is -2.31. The summed E-state index contributed by atoms with van der Waals surface area (Å²) < 4.78 is 11.0. The molecule has 0 saturated carbocycles. The van der Waals surface area contributed by atoms with Gasteiger partial charge in [0.05, 0.1) is 38.1 Å². The largest absolute Gasteiger partial charge is 0.466 e. The second kappa shape index (κ2) is 33.0. The Balaban J connectivity index is 2.09. The number of ether oxygens (including phenoxy) is 2. The Bertz CT molecular complexity index is 740. The smallest absolute Gasteiger partial charge is 0.307 e. The second-order valence-corrected chi connectivity index (χ2v) is 13.4. The highest BCUT2D eigenvalue weighted by atomic mass is 16.5. The van der Waals surface area contributed by atoms with Crippen molar-refractivity contribution in [3.05, 3.63) is 18.2 Å². The number of aromatic nitrogens is 2. The Hall–Kier alpha value is -1.89. The first-order valence-electron chi connectivity index (χ1n) is 19.7. The van der Waals surface area contributed by atoms with Crippen LogP contribution >= 0.6 is 0 Å². The summed E-state index contributed by atoms with van der Waals surface area (Å²) in [7, 11) is 0. The van der Waals surface area contributed by atoms with Gasteiger partial charge in [-0.25, -0.2) is 4.98 Å². The van der Waals surface area contributed by atoms with E-state index in [1.807, 2.05) is 6.20 Å². The summed E-state index contributed by atoms with van der Waals surface area (Å²) in [5.74, 6) is -0.301. The third-order valence-electron chi connectivity index (χ3n) is 9.03. The van der Waals surface area contributed by atoms with E-state index in [9.17, 15) is 9.59 Å². The summed E-state index contributed by atoms with van der Waals surface area (Å²) in [5.41, 5.74) is 0.981. The summed E-state index contributed by atoms with van der Waals surface area (Å²) in [5, 5.41) is 0. The van der Waals surface area contributed by atoms with Crippen molar-refractivity contribution in [3.8, 4) is 0 Å². The quantitative estimate of drug-likeness (QED) is 0.0583. The van der Waals surface area contributed by atoms with Crippen molar-refractivity contribution in [3.63, 3.8) is 0 Å². The zero-order chi connectivity index (χ0) is 33.2. The van der Waals surface area contributed by atoms with E-state index in [2.05, 4.69) is 28.7 Å². The number of esters is 2. The molecule has 0 bridgehead atoms. The molecule has 1 heterocycles. The SMILES string of the molecule is CCCCCCCCCCCCCCOC(=O)CCN(CCC(=O)OCCCCCCCCCCCCCC)CCc1c[nH]cn1. The molecule has 0 atom stereocenters. The number of H-pyrrole nitrogens is 1. The maximum absolute atomic E-state index is 12.4. The van der Waals surface area contributed by atoms with Gasteiger partial charge in [-0.05, 0) is 12.8 Å². The molecule has 0 aromatic carbocycles. The van der Waals surface area contributed by atoms with E-state index in [0.29, 0.717) is 39.1 Å².